The molecule has 3 aromatic rings. The molecule has 120 valence electrons. The molecule has 2 aromatic carbocycles. The van der Waals surface area contributed by atoms with Gasteiger partial charge in [-0.1, -0.05) is 12.1 Å². The number of carbonyl (C=O) groups is 1. The number of aromatic nitrogens is 3. The van der Waals surface area contributed by atoms with E-state index in [0.717, 1.165) is 0 Å². The Bertz CT molecular complexity index is 867. The predicted molar refractivity (Wildman–Crippen MR) is 89.2 cm³/mol. The molecule has 0 bridgehead atoms. The fourth-order valence-electron chi connectivity index (χ4n) is 2.04. The summed E-state index contributed by atoms with van der Waals surface area (Å²) >= 11 is 0. The lowest BCUT2D eigenvalue weighted by Crippen LogP contribution is -2.03. The Morgan fingerprint density at radius 3 is 2.58 bits per heavy atom. The van der Waals surface area contributed by atoms with Gasteiger partial charge in [0.1, 0.15) is 5.82 Å². The van der Waals surface area contributed by atoms with Crippen LogP contribution in [-0.2, 0) is 0 Å². The Hall–Kier alpha value is -3.35. The van der Waals surface area contributed by atoms with Crippen molar-refractivity contribution in [1.82, 2.24) is 15.2 Å². The van der Waals surface area contributed by atoms with E-state index < -0.39 is 0 Å². The van der Waals surface area contributed by atoms with Gasteiger partial charge < -0.3 is 10.6 Å². The Morgan fingerprint density at radius 2 is 1.83 bits per heavy atom. The van der Waals surface area contributed by atoms with Crippen LogP contribution in [0.15, 0.2) is 54.7 Å². The van der Waals surface area contributed by atoms with Gasteiger partial charge in [-0.2, -0.15) is 10.1 Å². The van der Waals surface area contributed by atoms with E-state index in [9.17, 15) is 9.18 Å². The van der Waals surface area contributed by atoms with Gasteiger partial charge in [0.05, 0.1) is 6.20 Å². The summed E-state index contributed by atoms with van der Waals surface area (Å²) in [7, 11) is 0. The number of rotatable bonds is 5. The fourth-order valence-corrected chi connectivity index (χ4v) is 2.04. The molecule has 0 aliphatic rings. The van der Waals surface area contributed by atoms with Crippen LogP contribution in [0, 0.1) is 5.82 Å². The van der Waals surface area contributed by atoms with Gasteiger partial charge in [-0.25, -0.2) is 4.39 Å². The van der Waals surface area contributed by atoms with Gasteiger partial charge in [0.2, 0.25) is 5.95 Å². The molecule has 0 spiro atoms. The molecule has 7 heteroatoms. The molecule has 0 aliphatic heterocycles. The first kappa shape index (κ1) is 15.5. The number of nitrogens with zero attached hydrogens (tertiary/aromatic N) is 3. The van der Waals surface area contributed by atoms with Gasteiger partial charge in [0.15, 0.2) is 11.6 Å². The number of halogens is 1. The summed E-state index contributed by atoms with van der Waals surface area (Å²) in [5.74, 6) is 0.406. The van der Waals surface area contributed by atoms with Crippen LogP contribution < -0.4 is 10.6 Å². The van der Waals surface area contributed by atoms with E-state index in [2.05, 4.69) is 25.8 Å². The summed E-state index contributed by atoms with van der Waals surface area (Å²) in [5.41, 5.74) is 1.96. The van der Waals surface area contributed by atoms with Crippen molar-refractivity contribution >= 4 is 28.9 Å². The van der Waals surface area contributed by atoms with Gasteiger partial charge in [-0.3, -0.25) is 4.79 Å². The highest BCUT2D eigenvalue weighted by atomic mass is 19.1. The first-order chi connectivity index (χ1) is 11.6. The highest BCUT2D eigenvalue weighted by molar-refractivity contribution is 5.95. The lowest BCUT2D eigenvalue weighted by Gasteiger charge is -2.08. The third-order valence-corrected chi connectivity index (χ3v) is 3.20. The minimum Gasteiger partial charge on any atom is -0.339 e. The Morgan fingerprint density at radius 1 is 1.04 bits per heavy atom. The third-order valence-electron chi connectivity index (χ3n) is 3.20. The Kier molecular flexibility index (Phi) is 4.42. The van der Waals surface area contributed by atoms with Crippen molar-refractivity contribution in [3.63, 3.8) is 0 Å². The lowest BCUT2D eigenvalue weighted by atomic mass is 10.1. The second-order valence-corrected chi connectivity index (χ2v) is 5.06. The molecule has 0 atom stereocenters. The number of carbonyl (C=O) groups excluding carboxylic acids is 1. The molecule has 3 rings (SSSR count). The second-order valence-electron chi connectivity index (χ2n) is 5.06. The summed E-state index contributed by atoms with van der Waals surface area (Å²) < 4.78 is 12.9. The molecule has 1 heterocycles. The zero-order chi connectivity index (χ0) is 16.9. The van der Waals surface area contributed by atoms with E-state index >= 15 is 0 Å². The summed E-state index contributed by atoms with van der Waals surface area (Å²) in [6, 6.07) is 12.9. The number of Topliss-reactive ketones (excluding diaryl/α,β-unsaturated/α-hetero) is 1. The number of hydrogen-bond donors (Lipinski definition) is 2. The SMILES string of the molecule is CC(=O)c1cccc(Nc2nncc(Nc3ccc(F)cc3)n2)c1. The van der Waals surface area contributed by atoms with Crippen molar-refractivity contribution < 1.29 is 9.18 Å². The molecule has 0 amide bonds. The van der Waals surface area contributed by atoms with E-state index in [1.807, 2.05) is 0 Å². The molecule has 0 saturated carbocycles. The first-order valence-corrected chi connectivity index (χ1v) is 7.20. The maximum atomic E-state index is 12.9. The molecule has 0 aliphatic carbocycles. The van der Waals surface area contributed by atoms with E-state index in [1.54, 1.807) is 36.4 Å². The topological polar surface area (TPSA) is 79.8 Å². The third kappa shape index (κ3) is 3.89. The van der Waals surface area contributed by atoms with E-state index in [-0.39, 0.29) is 17.5 Å². The van der Waals surface area contributed by atoms with Gasteiger partial charge in [-0.05, 0) is 43.3 Å². The average Bonchev–Trinajstić information content (AvgIpc) is 2.57. The van der Waals surface area contributed by atoms with Crippen LogP contribution in [-0.4, -0.2) is 21.0 Å². The first-order valence-electron chi connectivity index (χ1n) is 7.20. The summed E-state index contributed by atoms with van der Waals surface area (Å²) in [4.78, 5) is 15.7. The molecular formula is C17H14FN5O. The zero-order valence-corrected chi connectivity index (χ0v) is 12.8. The van der Waals surface area contributed by atoms with Crippen molar-refractivity contribution in [3.05, 3.63) is 66.1 Å². The normalized spacial score (nSPS) is 10.2. The fraction of sp³-hybridized carbons (Fsp3) is 0.0588. The van der Waals surface area contributed by atoms with Crippen LogP contribution in [0.2, 0.25) is 0 Å². The van der Waals surface area contributed by atoms with Crippen molar-refractivity contribution in [3.8, 4) is 0 Å². The van der Waals surface area contributed by atoms with E-state index in [4.69, 9.17) is 0 Å². The Balaban J connectivity index is 1.76. The minimum absolute atomic E-state index is 0.0237. The van der Waals surface area contributed by atoms with Crippen molar-refractivity contribution in [2.75, 3.05) is 10.6 Å². The number of ketones is 1. The highest BCUT2D eigenvalue weighted by Crippen LogP contribution is 2.18. The van der Waals surface area contributed by atoms with Gasteiger partial charge >= 0.3 is 0 Å². The standard InChI is InChI=1S/C17H14FN5O/c1-11(24)12-3-2-4-15(9-12)21-17-22-16(10-19-23-17)20-14-7-5-13(18)6-8-14/h2-10H,1H3,(H2,20,21,22,23). The second kappa shape index (κ2) is 6.82. The average molecular weight is 323 g/mol. The van der Waals surface area contributed by atoms with Crippen LogP contribution in [0.25, 0.3) is 0 Å². The van der Waals surface area contributed by atoms with Crippen LogP contribution in [0.3, 0.4) is 0 Å². The smallest absolute Gasteiger partial charge is 0.249 e. The quantitative estimate of drug-likeness (QED) is 0.697. The highest BCUT2D eigenvalue weighted by Gasteiger charge is 2.04. The van der Waals surface area contributed by atoms with Crippen LogP contribution in [0.1, 0.15) is 17.3 Å². The number of benzene rings is 2. The molecule has 0 unspecified atom stereocenters. The van der Waals surface area contributed by atoms with E-state index in [1.165, 1.54) is 25.3 Å². The summed E-state index contributed by atoms with van der Waals surface area (Å²) in [6.45, 7) is 1.50. The van der Waals surface area contributed by atoms with Crippen molar-refractivity contribution in [2.45, 2.75) is 6.92 Å². The van der Waals surface area contributed by atoms with Crippen molar-refractivity contribution in [2.24, 2.45) is 0 Å². The molecule has 0 radical (unpaired) electrons. The van der Waals surface area contributed by atoms with E-state index in [0.29, 0.717) is 22.8 Å². The Labute approximate surface area is 137 Å². The van der Waals surface area contributed by atoms with Crippen molar-refractivity contribution in [1.29, 1.82) is 0 Å². The molecule has 0 fully saturated rings. The molecule has 6 nitrogen and oxygen atoms in total. The maximum Gasteiger partial charge on any atom is 0.249 e. The zero-order valence-electron chi connectivity index (χ0n) is 12.8. The number of nitrogens with one attached hydrogen (secondary N) is 2. The van der Waals surface area contributed by atoms with Gasteiger partial charge in [0, 0.05) is 16.9 Å². The predicted octanol–water partition coefficient (Wildman–Crippen LogP) is 3.70. The van der Waals surface area contributed by atoms with Crippen LogP contribution in [0.4, 0.5) is 27.5 Å². The largest absolute Gasteiger partial charge is 0.339 e. The number of hydrogen-bond acceptors (Lipinski definition) is 6. The number of anilines is 4. The van der Waals surface area contributed by atoms with Gasteiger partial charge in [0.25, 0.3) is 0 Å². The molecule has 24 heavy (non-hydrogen) atoms. The maximum absolute atomic E-state index is 12.9. The van der Waals surface area contributed by atoms with Crippen LogP contribution in [0.5, 0.6) is 0 Å². The molecule has 0 saturated heterocycles. The molecule has 1 aromatic heterocycles. The summed E-state index contributed by atoms with van der Waals surface area (Å²) in [5, 5.41) is 13.8. The molecule has 2 N–H and O–H groups in total. The van der Waals surface area contributed by atoms with Crippen LogP contribution >= 0.6 is 0 Å². The monoisotopic (exact) mass is 323 g/mol. The lowest BCUT2D eigenvalue weighted by molar-refractivity contribution is 0.101. The summed E-state index contributed by atoms with van der Waals surface area (Å²) in [6.07, 6.45) is 1.46. The molecular weight excluding hydrogens is 309 g/mol. The minimum atomic E-state index is -0.311. The van der Waals surface area contributed by atoms with Gasteiger partial charge in [-0.15, -0.1) is 5.10 Å².